The molecule has 0 aliphatic carbocycles. The molecule has 0 spiro atoms. The summed E-state index contributed by atoms with van der Waals surface area (Å²) in [6, 6.07) is 15.3. The van der Waals surface area contributed by atoms with E-state index in [1.165, 1.54) is 0 Å². The van der Waals surface area contributed by atoms with E-state index in [1.54, 1.807) is 39.5 Å². The van der Waals surface area contributed by atoms with E-state index in [4.69, 9.17) is 19.3 Å². The van der Waals surface area contributed by atoms with Crippen molar-refractivity contribution in [2.24, 2.45) is 0 Å². The third kappa shape index (κ3) is 5.24. The highest BCUT2D eigenvalue weighted by atomic mass is 79.9. The van der Waals surface area contributed by atoms with Gasteiger partial charge < -0.3 is 19.5 Å². The molecule has 1 aliphatic heterocycles. The molecule has 3 aromatic rings. The largest absolute Gasteiger partial charge is 0.496 e. The number of esters is 2. The van der Waals surface area contributed by atoms with Crippen LogP contribution in [-0.2, 0) is 19.1 Å². The Morgan fingerprint density at radius 2 is 1.58 bits per heavy atom. The van der Waals surface area contributed by atoms with E-state index in [0.717, 1.165) is 15.7 Å². The molecule has 0 bridgehead atoms. The Balaban J connectivity index is 2.02. The van der Waals surface area contributed by atoms with E-state index in [1.807, 2.05) is 54.7 Å². The van der Waals surface area contributed by atoms with Crippen molar-refractivity contribution in [1.82, 2.24) is 15.1 Å². The molecule has 0 atom stereocenters. The van der Waals surface area contributed by atoms with E-state index in [-0.39, 0.29) is 13.2 Å². The first-order valence-electron chi connectivity index (χ1n) is 12.3. The number of rotatable bonds is 8. The highest BCUT2D eigenvalue weighted by Gasteiger charge is 2.40. The third-order valence-corrected chi connectivity index (χ3v) is 6.87. The van der Waals surface area contributed by atoms with Crippen LogP contribution >= 0.6 is 15.9 Å². The molecule has 2 aromatic carbocycles. The average molecular weight is 580 g/mol. The molecular weight excluding hydrogens is 550 g/mol. The fourth-order valence-corrected chi connectivity index (χ4v) is 5.15. The minimum Gasteiger partial charge on any atom is -0.496 e. The SMILES string of the molecule is CCOC(=O)C1=C(C)NC(C)=C(C(=O)OCC)C1c1cn(-c2ccccc2)nc1-c1ccc(OC)c(Br)c1. The zero-order valence-electron chi connectivity index (χ0n) is 22.0. The third-order valence-electron chi connectivity index (χ3n) is 6.25. The van der Waals surface area contributed by atoms with Gasteiger partial charge in [-0.2, -0.15) is 5.10 Å². The van der Waals surface area contributed by atoms with Gasteiger partial charge in [0.2, 0.25) is 0 Å². The smallest absolute Gasteiger partial charge is 0.336 e. The second-order valence-electron chi connectivity index (χ2n) is 8.64. The minimum absolute atomic E-state index is 0.196. The van der Waals surface area contributed by atoms with Gasteiger partial charge in [-0.15, -0.1) is 0 Å². The van der Waals surface area contributed by atoms with Gasteiger partial charge in [0.05, 0.1) is 53.2 Å². The number of aromatic nitrogens is 2. The second-order valence-corrected chi connectivity index (χ2v) is 9.49. The summed E-state index contributed by atoms with van der Waals surface area (Å²) in [5.74, 6) is -1.12. The normalized spacial score (nSPS) is 13.8. The molecule has 0 amide bonds. The van der Waals surface area contributed by atoms with Crippen molar-refractivity contribution in [2.75, 3.05) is 20.3 Å². The quantitative estimate of drug-likeness (QED) is 0.344. The van der Waals surface area contributed by atoms with Crippen LogP contribution < -0.4 is 10.1 Å². The molecule has 1 aliphatic rings. The monoisotopic (exact) mass is 579 g/mol. The van der Waals surface area contributed by atoms with Crippen LogP contribution in [0.2, 0.25) is 0 Å². The predicted octanol–water partition coefficient (Wildman–Crippen LogP) is 5.67. The van der Waals surface area contributed by atoms with Gasteiger partial charge in [0, 0.05) is 28.7 Å². The molecule has 198 valence electrons. The number of para-hydroxylation sites is 1. The summed E-state index contributed by atoms with van der Waals surface area (Å²) >= 11 is 3.57. The van der Waals surface area contributed by atoms with Gasteiger partial charge in [0.1, 0.15) is 5.75 Å². The molecular formula is C29H30BrN3O5. The van der Waals surface area contributed by atoms with Crippen molar-refractivity contribution in [2.45, 2.75) is 33.6 Å². The number of hydrogen-bond donors (Lipinski definition) is 1. The fraction of sp³-hybridized carbons (Fsp3) is 0.276. The number of carbonyl (C=O) groups is 2. The molecule has 1 aromatic heterocycles. The number of nitrogens with one attached hydrogen (secondary N) is 1. The summed E-state index contributed by atoms with van der Waals surface area (Å²) in [4.78, 5) is 26.7. The van der Waals surface area contributed by atoms with Crippen LogP contribution in [0.1, 0.15) is 39.2 Å². The van der Waals surface area contributed by atoms with Crippen LogP contribution in [0, 0.1) is 0 Å². The molecule has 0 saturated heterocycles. The van der Waals surface area contributed by atoms with E-state index >= 15 is 0 Å². The maximum absolute atomic E-state index is 13.3. The van der Waals surface area contributed by atoms with Crippen molar-refractivity contribution in [1.29, 1.82) is 0 Å². The number of hydrogen-bond acceptors (Lipinski definition) is 7. The van der Waals surface area contributed by atoms with Crippen molar-refractivity contribution in [3.8, 4) is 22.7 Å². The highest BCUT2D eigenvalue weighted by molar-refractivity contribution is 9.10. The maximum atomic E-state index is 13.3. The second kappa shape index (κ2) is 11.7. The number of nitrogens with zero attached hydrogens (tertiary/aromatic N) is 2. The topological polar surface area (TPSA) is 91.7 Å². The van der Waals surface area contributed by atoms with Crippen molar-refractivity contribution in [3.63, 3.8) is 0 Å². The number of carbonyl (C=O) groups excluding carboxylic acids is 2. The summed E-state index contributed by atoms with van der Waals surface area (Å²) in [6.07, 6.45) is 1.86. The van der Waals surface area contributed by atoms with Gasteiger partial charge in [0.15, 0.2) is 0 Å². The lowest BCUT2D eigenvalue weighted by atomic mass is 9.79. The summed E-state index contributed by atoms with van der Waals surface area (Å²) in [6.45, 7) is 7.49. The molecule has 0 radical (unpaired) electrons. The average Bonchev–Trinajstić information content (AvgIpc) is 3.34. The number of halogens is 1. The van der Waals surface area contributed by atoms with Gasteiger partial charge in [-0.3, -0.25) is 0 Å². The van der Waals surface area contributed by atoms with Gasteiger partial charge in [-0.25, -0.2) is 14.3 Å². The lowest BCUT2D eigenvalue weighted by Gasteiger charge is -2.30. The van der Waals surface area contributed by atoms with E-state index in [2.05, 4.69) is 21.2 Å². The number of benzene rings is 2. The molecule has 1 N–H and O–H groups in total. The lowest BCUT2D eigenvalue weighted by Crippen LogP contribution is -2.32. The van der Waals surface area contributed by atoms with Crippen LogP contribution in [-0.4, -0.2) is 42.0 Å². The molecule has 8 nitrogen and oxygen atoms in total. The Morgan fingerprint density at radius 3 is 2.11 bits per heavy atom. The van der Waals surface area contributed by atoms with Crippen LogP contribution in [0.25, 0.3) is 16.9 Å². The fourth-order valence-electron chi connectivity index (χ4n) is 4.61. The Kier molecular flexibility index (Phi) is 8.36. The molecule has 0 fully saturated rings. The van der Waals surface area contributed by atoms with Gasteiger partial charge in [-0.1, -0.05) is 18.2 Å². The molecule has 9 heteroatoms. The highest BCUT2D eigenvalue weighted by Crippen LogP contribution is 2.44. The summed E-state index contributed by atoms with van der Waals surface area (Å²) in [5.41, 5.74) is 4.76. The molecule has 0 saturated carbocycles. The van der Waals surface area contributed by atoms with Crippen molar-refractivity contribution in [3.05, 3.63) is 87.3 Å². The Labute approximate surface area is 230 Å². The minimum atomic E-state index is -0.775. The summed E-state index contributed by atoms with van der Waals surface area (Å²) < 4.78 is 18.8. The lowest BCUT2D eigenvalue weighted by molar-refractivity contribution is -0.139. The Morgan fingerprint density at radius 1 is 0.974 bits per heavy atom. The standard InChI is InChI=1S/C29H30BrN3O5/c1-6-37-28(34)24-17(3)31-18(4)25(29(35)38-7-2)26(24)21-16-33(20-11-9-8-10-12-20)32-27(21)19-13-14-23(36-5)22(30)15-19/h8-16,26,31H,6-7H2,1-5H3. The van der Waals surface area contributed by atoms with E-state index in [9.17, 15) is 9.59 Å². The van der Waals surface area contributed by atoms with Gasteiger partial charge >= 0.3 is 11.9 Å². The van der Waals surface area contributed by atoms with Crippen LogP contribution in [0.15, 0.2) is 81.7 Å². The van der Waals surface area contributed by atoms with Crippen molar-refractivity contribution < 1.29 is 23.8 Å². The number of methoxy groups -OCH3 is 1. The van der Waals surface area contributed by atoms with Gasteiger partial charge in [-0.05, 0) is 74.0 Å². The maximum Gasteiger partial charge on any atom is 0.336 e. The van der Waals surface area contributed by atoms with E-state index < -0.39 is 17.9 Å². The van der Waals surface area contributed by atoms with Gasteiger partial charge in [0.25, 0.3) is 0 Å². The van der Waals surface area contributed by atoms with Crippen LogP contribution in [0.5, 0.6) is 5.75 Å². The van der Waals surface area contributed by atoms with Crippen molar-refractivity contribution >= 4 is 27.9 Å². The first-order valence-corrected chi connectivity index (χ1v) is 13.1. The predicted molar refractivity (Wildman–Crippen MR) is 148 cm³/mol. The molecule has 38 heavy (non-hydrogen) atoms. The number of dihydropyridines is 1. The Hall–Kier alpha value is -3.85. The summed E-state index contributed by atoms with van der Waals surface area (Å²) in [5, 5.41) is 8.12. The molecule has 0 unspecified atom stereocenters. The zero-order chi connectivity index (χ0) is 27.4. The first kappa shape index (κ1) is 27.2. The van der Waals surface area contributed by atoms with Crippen LogP contribution in [0.3, 0.4) is 0 Å². The molecule has 4 rings (SSSR count). The van der Waals surface area contributed by atoms with Crippen LogP contribution in [0.4, 0.5) is 0 Å². The summed E-state index contributed by atoms with van der Waals surface area (Å²) in [7, 11) is 1.60. The first-order chi connectivity index (χ1) is 18.3. The zero-order valence-corrected chi connectivity index (χ0v) is 23.6. The number of ether oxygens (including phenoxy) is 3. The molecule has 2 heterocycles. The van der Waals surface area contributed by atoms with E-state index in [0.29, 0.717) is 39.5 Å². The Bertz CT molecular complexity index is 1390. The number of allylic oxidation sites excluding steroid dienone is 2.